The molecule has 97 valence electrons. The van der Waals surface area contributed by atoms with Crippen molar-refractivity contribution in [3.8, 4) is 0 Å². The molecule has 0 bridgehead atoms. The largest absolute Gasteiger partial charge is 0.0579 e. The van der Waals surface area contributed by atoms with Crippen molar-refractivity contribution < 1.29 is 0 Å². The number of hydrogen-bond acceptors (Lipinski definition) is 0. The summed E-state index contributed by atoms with van der Waals surface area (Å²) in [4.78, 5) is 0. The van der Waals surface area contributed by atoms with Crippen molar-refractivity contribution in [2.75, 3.05) is 0 Å². The summed E-state index contributed by atoms with van der Waals surface area (Å²) in [6.45, 7) is 0. The highest BCUT2D eigenvalue weighted by Gasteiger charge is 2.41. The molecule has 0 atom stereocenters. The molecular weight excluding hydrogens is 216 g/mol. The smallest absolute Gasteiger partial charge is 0.00187 e. The quantitative estimate of drug-likeness (QED) is 0.661. The van der Waals surface area contributed by atoms with Gasteiger partial charge >= 0.3 is 0 Å². The van der Waals surface area contributed by atoms with Crippen LogP contribution in [0, 0.1) is 12.0 Å². The number of rotatable bonds is 2. The molecule has 0 saturated heterocycles. The van der Waals surface area contributed by atoms with Gasteiger partial charge in [-0.2, -0.15) is 0 Å². The Bertz CT molecular complexity index is 353. The van der Waals surface area contributed by atoms with E-state index in [0.717, 1.165) is 5.92 Å². The van der Waals surface area contributed by atoms with Crippen LogP contribution in [0.25, 0.3) is 0 Å². The van der Waals surface area contributed by atoms with Gasteiger partial charge in [0.15, 0.2) is 0 Å². The van der Waals surface area contributed by atoms with Crippen LogP contribution < -0.4 is 0 Å². The molecule has 0 aromatic heterocycles. The van der Waals surface area contributed by atoms with E-state index in [4.69, 9.17) is 0 Å². The standard InChI is InChI=1S/C18H25/c1-4-10-16(11-5-1)18(14-8-3-9-15-18)17-12-6-2-7-13-17/h6-7,12-13,16H,1,3-5,8-11,14-15H2. The van der Waals surface area contributed by atoms with Gasteiger partial charge in [-0.15, -0.1) is 0 Å². The van der Waals surface area contributed by atoms with Gasteiger partial charge in [0.1, 0.15) is 0 Å². The van der Waals surface area contributed by atoms with E-state index in [2.05, 4.69) is 30.3 Å². The van der Waals surface area contributed by atoms with Crippen LogP contribution in [0.3, 0.4) is 0 Å². The Morgan fingerprint density at radius 2 is 1.44 bits per heavy atom. The summed E-state index contributed by atoms with van der Waals surface area (Å²) in [6.07, 6.45) is 14.5. The van der Waals surface area contributed by atoms with E-state index in [0.29, 0.717) is 5.41 Å². The Morgan fingerprint density at radius 1 is 0.833 bits per heavy atom. The fourth-order valence-corrected chi connectivity index (χ4v) is 4.49. The molecule has 0 amide bonds. The summed E-state index contributed by atoms with van der Waals surface area (Å²) in [5, 5.41) is 0. The predicted octanol–water partition coefficient (Wildman–Crippen LogP) is 5.27. The van der Waals surface area contributed by atoms with Crippen LogP contribution in [0.4, 0.5) is 0 Å². The lowest BCUT2D eigenvalue weighted by molar-refractivity contribution is 0.148. The Hall–Kier alpha value is -0.780. The molecule has 0 heterocycles. The van der Waals surface area contributed by atoms with Gasteiger partial charge in [-0.3, -0.25) is 0 Å². The SMILES string of the molecule is [c]1ccc(C2(C3CCCCC3)CCCCC2)cc1. The zero-order valence-electron chi connectivity index (χ0n) is 11.5. The Kier molecular flexibility index (Phi) is 3.72. The average Bonchev–Trinajstić information content (AvgIpc) is 2.50. The Labute approximate surface area is 112 Å². The van der Waals surface area contributed by atoms with E-state index >= 15 is 0 Å². The normalized spacial score (nSPS) is 24.9. The molecule has 1 aromatic carbocycles. The van der Waals surface area contributed by atoms with E-state index in [1.807, 2.05) is 0 Å². The van der Waals surface area contributed by atoms with Gasteiger partial charge in [-0.1, -0.05) is 62.8 Å². The molecule has 2 fully saturated rings. The van der Waals surface area contributed by atoms with Crippen molar-refractivity contribution >= 4 is 0 Å². The summed E-state index contributed by atoms with van der Waals surface area (Å²) >= 11 is 0. The lowest BCUT2D eigenvalue weighted by Gasteiger charge is -2.46. The van der Waals surface area contributed by atoms with Gasteiger partial charge in [-0.05, 0) is 48.6 Å². The van der Waals surface area contributed by atoms with Crippen molar-refractivity contribution in [2.45, 2.75) is 69.6 Å². The number of hydrogen-bond donors (Lipinski definition) is 0. The second-order valence-corrected chi connectivity index (χ2v) is 6.34. The minimum atomic E-state index is 0.522. The Morgan fingerprint density at radius 3 is 2.11 bits per heavy atom. The lowest BCUT2D eigenvalue weighted by atomic mass is 9.58. The summed E-state index contributed by atoms with van der Waals surface area (Å²) in [6, 6.07) is 12.1. The van der Waals surface area contributed by atoms with Crippen LogP contribution in [0.15, 0.2) is 24.3 Å². The average molecular weight is 241 g/mol. The van der Waals surface area contributed by atoms with E-state index in [1.165, 1.54) is 64.2 Å². The molecule has 2 aliphatic carbocycles. The predicted molar refractivity (Wildman–Crippen MR) is 76.6 cm³/mol. The van der Waals surface area contributed by atoms with Gasteiger partial charge in [0, 0.05) is 0 Å². The van der Waals surface area contributed by atoms with Gasteiger partial charge < -0.3 is 0 Å². The van der Waals surface area contributed by atoms with E-state index < -0.39 is 0 Å². The van der Waals surface area contributed by atoms with Crippen molar-refractivity contribution in [3.63, 3.8) is 0 Å². The van der Waals surface area contributed by atoms with Crippen molar-refractivity contribution in [1.82, 2.24) is 0 Å². The van der Waals surface area contributed by atoms with Gasteiger partial charge in [0.05, 0.1) is 0 Å². The highest BCUT2D eigenvalue weighted by atomic mass is 14.4. The van der Waals surface area contributed by atoms with Crippen LogP contribution in [-0.4, -0.2) is 0 Å². The molecule has 3 rings (SSSR count). The van der Waals surface area contributed by atoms with Gasteiger partial charge in [0.2, 0.25) is 0 Å². The third-order valence-corrected chi connectivity index (χ3v) is 5.43. The van der Waals surface area contributed by atoms with Crippen molar-refractivity contribution in [3.05, 3.63) is 35.9 Å². The van der Waals surface area contributed by atoms with Crippen LogP contribution >= 0.6 is 0 Å². The molecule has 0 heteroatoms. The molecule has 0 aliphatic heterocycles. The summed E-state index contributed by atoms with van der Waals surface area (Å²) < 4.78 is 0. The zero-order chi connectivity index (χ0) is 12.3. The summed E-state index contributed by atoms with van der Waals surface area (Å²) in [7, 11) is 0. The molecule has 18 heavy (non-hydrogen) atoms. The molecule has 0 N–H and O–H groups in total. The minimum absolute atomic E-state index is 0.522. The monoisotopic (exact) mass is 241 g/mol. The van der Waals surface area contributed by atoms with Crippen LogP contribution in [0.5, 0.6) is 0 Å². The van der Waals surface area contributed by atoms with Crippen LogP contribution in [-0.2, 0) is 5.41 Å². The molecule has 0 nitrogen and oxygen atoms in total. The molecule has 0 spiro atoms. The first-order valence-electron chi connectivity index (χ1n) is 7.88. The second-order valence-electron chi connectivity index (χ2n) is 6.34. The second kappa shape index (κ2) is 5.47. The molecular formula is C18H25. The van der Waals surface area contributed by atoms with Crippen LogP contribution in [0.1, 0.15) is 69.8 Å². The number of benzene rings is 1. The maximum Gasteiger partial charge on any atom is -0.00187 e. The topological polar surface area (TPSA) is 0 Å². The van der Waals surface area contributed by atoms with E-state index in [1.54, 1.807) is 5.56 Å². The fourth-order valence-electron chi connectivity index (χ4n) is 4.49. The Balaban J connectivity index is 1.92. The summed E-state index contributed by atoms with van der Waals surface area (Å²) in [5.74, 6) is 0.953. The van der Waals surface area contributed by atoms with Gasteiger partial charge in [-0.25, -0.2) is 0 Å². The van der Waals surface area contributed by atoms with E-state index in [9.17, 15) is 0 Å². The third-order valence-electron chi connectivity index (χ3n) is 5.43. The first-order chi connectivity index (χ1) is 8.92. The highest BCUT2D eigenvalue weighted by Crippen LogP contribution is 2.49. The van der Waals surface area contributed by atoms with Crippen molar-refractivity contribution in [1.29, 1.82) is 0 Å². The highest BCUT2D eigenvalue weighted by molar-refractivity contribution is 5.27. The fraction of sp³-hybridized carbons (Fsp3) is 0.667. The maximum absolute atomic E-state index is 3.19. The first kappa shape index (κ1) is 12.3. The van der Waals surface area contributed by atoms with Crippen molar-refractivity contribution in [2.24, 2.45) is 5.92 Å². The molecule has 1 radical (unpaired) electrons. The van der Waals surface area contributed by atoms with Gasteiger partial charge in [0.25, 0.3) is 0 Å². The third kappa shape index (κ3) is 2.22. The summed E-state index contributed by atoms with van der Waals surface area (Å²) in [5.41, 5.74) is 2.14. The molecule has 2 saturated carbocycles. The molecule has 0 unspecified atom stereocenters. The lowest BCUT2D eigenvalue weighted by Crippen LogP contribution is -2.38. The molecule has 2 aliphatic rings. The maximum atomic E-state index is 3.19. The van der Waals surface area contributed by atoms with E-state index in [-0.39, 0.29) is 0 Å². The zero-order valence-corrected chi connectivity index (χ0v) is 11.5. The minimum Gasteiger partial charge on any atom is -0.0579 e. The van der Waals surface area contributed by atoms with Crippen LogP contribution in [0.2, 0.25) is 0 Å². The first-order valence-corrected chi connectivity index (χ1v) is 7.88. The molecule has 1 aromatic rings.